The Morgan fingerprint density at radius 3 is 2.83 bits per heavy atom. The van der Waals surface area contributed by atoms with Crippen molar-refractivity contribution in [2.45, 2.75) is 5.88 Å². The van der Waals surface area contributed by atoms with Gasteiger partial charge in [-0.2, -0.15) is 5.10 Å². The van der Waals surface area contributed by atoms with Gasteiger partial charge in [-0.25, -0.2) is 5.10 Å². The summed E-state index contributed by atoms with van der Waals surface area (Å²) in [4.78, 5) is 22.7. The van der Waals surface area contributed by atoms with Crippen LogP contribution in [-0.2, 0) is 5.88 Å². The summed E-state index contributed by atoms with van der Waals surface area (Å²) in [5, 5.41) is 8.50. The van der Waals surface area contributed by atoms with Gasteiger partial charge in [0, 0.05) is 17.5 Å². The van der Waals surface area contributed by atoms with E-state index in [-0.39, 0.29) is 17.3 Å². The molecule has 0 saturated heterocycles. The van der Waals surface area contributed by atoms with Crippen LogP contribution in [-0.4, -0.2) is 16.1 Å². The molecule has 1 aromatic heterocycles. The Hall–Kier alpha value is -2.14. The van der Waals surface area contributed by atoms with Gasteiger partial charge in [-0.15, -0.1) is 11.6 Å². The van der Waals surface area contributed by atoms with E-state index >= 15 is 0 Å². The highest BCUT2D eigenvalue weighted by molar-refractivity contribution is 6.17. The number of amides is 1. The van der Waals surface area contributed by atoms with Crippen LogP contribution in [0.4, 0.5) is 5.82 Å². The molecule has 1 aromatic carbocycles. The summed E-state index contributed by atoms with van der Waals surface area (Å²) in [6.45, 7) is 0. The summed E-state index contributed by atoms with van der Waals surface area (Å²) in [5.74, 6) is 0.329. The zero-order valence-electron chi connectivity index (χ0n) is 9.31. The van der Waals surface area contributed by atoms with Crippen molar-refractivity contribution in [1.82, 2.24) is 10.2 Å². The molecule has 2 N–H and O–H groups in total. The van der Waals surface area contributed by atoms with Crippen molar-refractivity contribution in [3.63, 3.8) is 0 Å². The minimum Gasteiger partial charge on any atom is -0.305 e. The van der Waals surface area contributed by atoms with Gasteiger partial charge in [0.15, 0.2) is 5.82 Å². The molecule has 0 spiro atoms. The van der Waals surface area contributed by atoms with Crippen LogP contribution in [0.25, 0.3) is 0 Å². The lowest BCUT2D eigenvalue weighted by atomic mass is 10.1. The monoisotopic (exact) mass is 263 g/mol. The van der Waals surface area contributed by atoms with Gasteiger partial charge in [-0.1, -0.05) is 12.1 Å². The fourth-order valence-corrected chi connectivity index (χ4v) is 1.56. The summed E-state index contributed by atoms with van der Waals surface area (Å²) >= 11 is 5.70. The number of H-pyrrole nitrogens is 1. The number of carbonyl (C=O) groups excluding carboxylic acids is 1. The molecule has 0 radical (unpaired) electrons. The van der Waals surface area contributed by atoms with Crippen molar-refractivity contribution < 1.29 is 4.79 Å². The van der Waals surface area contributed by atoms with E-state index < -0.39 is 0 Å². The molecular weight excluding hydrogens is 254 g/mol. The maximum absolute atomic E-state index is 11.9. The lowest BCUT2D eigenvalue weighted by Crippen LogP contribution is -2.15. The molecule has 2 aromatic rings. The van der Waals surface area contributed by atoms with E-state index in [1.807, 2.05) is 6.07 Å². The number of carbonyl (C=O) groups is 1. The second-order valence-electron chi connectivity index (χ2n) is 3.59. The summed E-state index contributed by atoms with van der Waals surface area (Å²) in [6, 6.07) is 9.69. The largest absolute Gasteiger partial charge is 0.305 e. The van der Waals surface area contributed by atoms with E-state index in [0.29, 0.717) is 11.4 Å². The molecule has 0 fully saturated rings. The number of nitrogens with one attached hydrogen (secondary N) is 2. The number of benzene rings is 1. The van der Waals surface area contributed by atoms with Crippen molar-refractivity contribution in [2.75, 3.05) is 5.32 Å². The predicted octanol–water partition coefficient (Wildman–Crippen LogP) is 1.76. The molecule has 1 heterocycles. The highest BCUT2D eigenvalue weighted by Crippen LogP contribution is 2.09. The molecule has 0 unspecified atom stereocenters. The minimum atomic E-state index is -0.322. The molecular formula is C12H10ClN3O2. The maximum Gasteiger partial charge on any atom is 0.264 e. The SMILES string of the molecule is O=C(Nc1ccc(=O)[nH]n1)c1cccc(CCl)c1. The first-order valence-corrected chi connectivity index (χ1v) is 5.74. The van der Waals surface area contributed by atoms with Gasteiger partial charge in [0.25, 0.3) is 11.5 Å². The lowest BCUT2D eigenvalue weighted by Gasteiger charge is -2.04. The van der Waals surface area contributed by atoms with E-state index in [1.54, 1.807) is 18.2 Å². The minimum absolute atomic E-state index is 0.288. The van der Waals surface area contributed by atoms with Crippen LogP contribution in [0.15, 0.2) is 41.2 Å². The van der Waals surface area contributed by atoms with Crippen LogP contribution in [0.1, 0.15) is 15.9 Å². The zero-order valence-corrected chi connectivity index (χ0v) is 10.1. The fraction of sp³-hybridized carbons (Fsp3) is 0.0833. The Morgan fingerprint density at radius 2 is 2.17 bits per heavy atom. The van der Waals surface area contributed by atoms with Gasteiger partial charge >= 0.3 is 0 Å². The molecule has 0 saturated carbocycles. The molecule has 0 aliphatic heterocycles. The first-order valence-electron chi connectivity index (χ1n) is 5.21. The number of alkyl halides is 1. The highest BCUT2D eigenvalue weighted by Gasteiger charge is 2.07. The molecule has 6 heteroatoms. The number of nitrogens with zero attached hydrogens (tertiary/aromatic N) is 1. The second-order valence-corrected chi connectivity index (χ2v) is 3.86. The number of aromatic amines is 1. The normalized spacial score (nSPS) is 10.1. The molecule has 0 aliphatic carbocycles. The number of halogens is 1. The van der Waals surface area contributed by atoms with Crippen LogP contribution >= 0.6 is 11.6 Å². The van der Waals surface area contributed by atoms with Crippen LogP contribution in [0, 0.1) is 0 Å². The van der Waals surface area contributed by atoms with Gasteiger partial charge < -0.3 is 5.32 Å². The molecule has 92 valence electrons. The van der Waals surface area contributed by atoms with E-state index in [4.69, 9.17) is 11.6 Å². The number of hydrogen-bond donors (Lipinski definition) is 2. The van der Waals surface area contributed by atoms with Crippen molar-refractivity contribution in [3.05, 3.63) is 57.9 Å². The molecule has 5 nitrogen and oxygen atoms in total. The molecule has 1 amide bonds. The van der Waals surface area contributed by atoms with Crippen molar-refractivity contribution >= 4 is 23.3 Å². The summed E-state index contributed by atoms with van der Waals surface area (Å²) in [7, 11) is 0. The Kier molecular flexibility index (Phi) is 3.74. The zero-order chi connectivity index (χ0) is 13.0. The van der Waals surface area contributed by atoms with Crippen LogP contribution in [0.5, 0.6) is 0 Å². The summed E-state index contributed by atoms with van der Waals surface area (Å²) < 4.78 is 0. The molecule has 2 rings (SSSR count). The quantitative estimate of drug-likeness (QED) is 0.829. The van der Waals surface area contributed by atoms with E-state index in [9.17, 15) is 9.59 Å². The molecule has 18 heavy (non-hydrogen) atoms. The standard InChI is InChI=1S/C12H10ClN3O2/c13-7-8-2-1-3-9(6-8)12(18)14-10-4-5-11(17)16-15-10/h1-6H,7H2,(H,16,17)(H,14,15,18). The van der Waals surface area contributed by atoms with E-state index in [0.717, 1.165) is 5.56 Å². The third kappa shape index (κ3) is 2.95. The van der Waals surface area contributed by atoms with Crippen molar-refractivity contribution in [1.29, 1.82) is 0 Å². The Bertz CT molecular complexity index is 604. The third-order valence-electron chi connectivity index (χ3n) is 2.26. The van der Waals surface area contributed by atoms with Gasteiger partial charge in [-0.05, 0) is 23.8 Å². The number of hydrogen-bond acceptors (Lipinski definition) is 3. The molecule has 0 bridgehead atoms. The predicted molar refractivity (Wildman–Crippen MR) is 68.8 cm³/mol. The fourth-order valence-electron chi connectivity index (χ4n) is 1.40. The second kappa shape index (κ2) is 5.46. The Morgan fingerprint density at radius 1 is 1.33 bits per heavy atom. The first-order chi connectivity index (χ1) is 8.69. The molecule has 0 aliphatic rings. The topological polar surface area (TPSA) is 74.8 Å². The van der Waals surface area contributed by atoms with Crippen LogP contribution in [0.2, 0.25) is 0 Å². The number of aromatic nitrogens is 2. The smallest absolute Gasteiger partial charge is 0.264 e. The number of anilines is 1. The molecule has 0 atom stereocenters. The van der Waals surface area contributed by atoms with Gasteiger partial charge in [0.1, 0.15) is 0 Å². The van der Waals surface area contributed by atoms with E-state index in [2.05, 4.69) is 15.5 Å². The van der Waals surface area contributed by atoms with E-state index in [1.165, 1.54) is 12.1 Å². The van der Waals surface area contributed by atoms with Gasteiger partial charge in [0.2, 0.25) is 0 Å². The van der Waals surface area contributed by atoms with Crippen LogP contribution in [0.3, 0.4) is 0 Å². The average molecular weight is 264 g/mol. The third-order valence-corrected chi connectivity index (χ3v) is 2.57. The number of rotatable bonds is 3. The average Bonchev–Trinajstić information content (AvgIpc) is 2.41. The van der Waals surface area contributed by atoms with Crippen LogP contribution < -0.4 is 10.9 Å². The first kappa shape index (κ1) is 12.3. The van der Waals surface area contributed by atoms with Gasteiger partial charge in [0.05, 0.1) is 0 Å². The Balaban J connectivity index is 2.16. The lowest BCUT2D eigenvalue weighted by molar-refractivity contribution is 0.102. The Labute approximate surface area is 108 Å². The van der Waals surface area contributed by atoms with Crippen molar-refractivity contribution in [3.8, 4) is 0 Å². The maximum atomic E-state index is 11.9. The van der Waals surface area contributed by atoms with Gasteiger partial charge in [-0.3, -0.25) is 9.59 Å². The summed E-state index contributed by atoms with van der Waals surface area (Å²) in [5.41, 5.74) is 1.03. The summed E-state index contributed by atoms with van der Waals surface area (Å²) in [6.07, 6.45) is 0. The highest BCUT2D eigenvalue weighted by atomic mass is 35.5. The van der Waals surface area contributed by atoms with Crippen molar-refractivity contribution in [2.24, 2.45) is 0 Å².